The fourth-order valence-electron chi connectivity index (χ4n) is 4.05. The molecule has 3 rings (SSSR count). The average Bonchev–Trinajstić information content (AvgIpc) is 2.58. The summed E-state index contributed by atoms with van der Waals surface area (Å²) in [6.07, 6.45) is 8.86. The van der Waals surface area contributed by atoms with Gasteiger partial charge in [0.1, 0.15) is 5.25 Å². The number of piperidine rings is 1. The Balaban J connectivity index is 1.93. The Morgan fingerprint density at radius 2 is 1.45 bits per heavy atom. The Bertz CT molecular complexity index is 558. The number of rotatable bonds is 4. The predicted octanol–water partition coefficient (Wildman–Crippen LogP) is 4.12. The van der Waals surface area contributed by atoms with Crippen LogP contribution in [-0.2, 0) is 10.0 Å². The number of hydrogen-bond acceptors (Lipinski definition) is 2. The fraction of sp³-hybridized carbons (Fsp3) is 0.667. The van der Waals surface area contributed by atoms with Gasteiger partial charge in [-0.25, -0.2) is 12.7 Å². The highest BCUT2D eigenvalue weighted by atomic mass is 32.2. The van der Waals surface area contributed by atoms with Crippen LogP contribution in [0.4, 0.5) is 0 Å². The van der Waals surface area contributed by atoms with E-state index in [1.807, 2.05) is 30.3 Å². The van der Waals surface area contributed by atoms with Crippen molar-refractivity contribution in [2.45, 2.75) is 56.6 Å². The second-order valence-electron chi connectivity index (χ2n) is 6.73. The molecule has 1 saturated carbocycles. The molecule has 1 aromatic carbocycles. The zero-order valence-electron chi connectivity index (χ0n) is 13.3. The highest BCUT2D eigenvalue weighted by Crippen LogP contribution is 2.41. The molecule has 4 heteroatoms. The van der Waals surface area contributed by atoms with Crippen molar-refractivity contribution in [1.29, 1.82) is 0 Å². The molecular weight excluding hydrogens is 294 g/mol. The van der Waals surface area contributed by atoms with Gasteiger partial charge in [0.2, 0.25) is 10.0 Å². The number of benzene rings is 1. The molecule has 1 saturated heterocycles. The summed E-state index contributed by atoms with van der Waals surface area (Å²) >= 11 is 0. The van der Waals surface area contributed by atoms with Crippen LogP contribution in [-0.4, -0.2) is 25.8 Å². The molecule has 1 aromatic rings. The Hall–Kier alpha value is -0.870. The smallest absolute Gasteiger partial charge is 0.212 e. The van der Waals surface area contributed by atoms with Crippen molar-refractivity contribution in [1.82, 2.24) is 4.31 Å². The second kappa shape index (κ2) is 7.14. The van der Waals surface area contributed by atoms with Crippen molar-refractivity contribution in [2.24, 2.45) is 5.92 Å². The second-order valence-corrected chi connectivity index (χ2v) is 8.79. The maximum Gasteiger partial charge on any atom is 0.221 e. The van der Waals surface area contributed by atoms with E-state index in [2.05, 4.69) is 0 Å². The summed E-state index contributed by atoms with van der Waals surface area (Å²) in [5.41, 5.74) is 0.986. The van der Waals surface area contributed by atoms with E-state index in [4.69, 9.17) is 0 Å². The van der Waals surface area contributed by atoms with Gasteiger partial charge in [-0.05, 0) is 37.2 Å². The minimum Gasteiger partial charge on any atom is -0.212 e. The third kappa shape index (κ3) is 3.38. The van der Waals surface area contributed by atoms with E-state index in [0.29, 0.717) is 13.1 Å². The quantitative estimate of drug-likeness (QED) is 0.836. The fourth-order valence-corrected chi connectivity index (χ4v) is 6.39. The molecule has 0 spiro atoms. The van der Waals surface area contributed by atoms with Gasteiger partial charge < -0.3 is 0 Å². The monoisotopic (exact) mass is 321 g/mol. The van der Waals surface area contributed by atoms with Gasteiger partial charge in [-0.1, -0.05) is 56.0 Å². The zero-order chi connectivity index (χ0) is 15.4. The van der Waals surface area contributed by atoms with Crippen molar-refractivity contribution in [2.75, 3.05) is 13.1 Å². The van der Waals surface area contributed by atoms with Crippen molar-refractivity contribution in [3.63, 3.8) is 0 Å². The van der Waals surface area contributed by atoms with Gasteiger partial charge in [0.25, 0.3) is 0 Å². The van der Waals surface area contributed by atoms with Gasteiger partial charge in [0, 0.05) is 13.1 Å². The number of nitrogens with zero attached hydrogens (tertiary/aromatic N) is 1. The highest BCUT2D eigenvalue weighted by Gasteiger charge is 2.39. The van der Waals surface area contributed by atoms with E-state index >= 15 is 0 Å². The minimum absolute atomic E-state index is 0.281. The van der Waals surface area contributed by atoms with Crippen molar-refractivity contribution in [3.05, 3.63) is 35.9 Å². The standard InChI is InChI=1S/C18H27NO2S/c20-22(21,19-14-8-3-9-15-19)18(16-10-4-1-5-11-16)17-12-6-2-7-13-17/h1,4-5,10-11,17-18H,2-3,6-9,12-15H2. The summed E-state index contributed by atoms with van der Waals surface area (Å²) < 4.78 is 28.4. The Morgan fingerprint density at radius 1 is 0.864 bits per heavy atom. The van der Waals surface area contributed by atoms with Crippen LogP contribution >= 0.6 is 0 Å². The van der Waals surface area contributed by atoms with Crippen LogP contribution in [0.5, 0.6) is 0 Å². The summed E-state index contributed by atoms with van der Waals surface area (Å²) in [6.45, 7) is 1.41. The van der Waals surface area contributed by atoms with Crippen LogP contribution in [0.2, 0.25) is 0 Å². The number of hydrogen-bond donors (Lipinski definition) is 0. The third-order valence-electron chi connectivity index (χ3n) is 5.20. The predicted molar refractivity (Wildman–Crippen MR) is 90.1 cm³/mol. The first-order chi connectivity index (χ1) is 10.7. The molecule has 0 aromatic heterocycles. The maximum atomic E-state index is 13.3. The van der Waals surface area contributed by atoms with E-state index in [0.717, 1.165) is 37.7 Å². The number of sulfonamides is 1. The average molecular weight is 321 g/mol. The van der Waals surface area contributed by atoms with Gasteiger partial charge in [-0.15, -0.1) is 0 Å². The topological polar surface area (TPSA) is 37.4 Å². The summed E-state index contributed by atoms with van der Waals surface area (Å²) in [4.78, 5) is 0. The van der Waals surface area contributed by atoms with Crippen molar-refractivity contribution >= 4 is 10.0 Å². The maximum absolute atomic E-state index is 13.3. The van der Waals surface area contributed by atoms with Gasteiger partial charge in [0.15, 0.2) is 0 Å². The summed E-state index contributed by atoms with van der Waals surface area (Å²) in [7, 11) is -3.24. The van der Waals surface area contributed by atoms with E-state index in [1.54, 1.807) is 4.31 Å². The van der Waals surface area contributed by atoms with Gasteiger partial charge in [-0.2, -0.15) is 0 Å². The van der Waals surface area contributed by atoms with E-state index < -0.39 is 10.0 Å². The van der Waals surface area contributed by atoms with Crippen LogP contribution in [0.15, 0.2) is 30.3 Å². The van der Waals surface area contributed by atoms with Crippen molar-refractivity contribution in [3.8, 4) is 0 Å². The first-order valence-corrected chi connectivity index (χ1v) is 10.2. The lowest BCUT2D eigenvalue weighted by Crippen LogP contribution is -2.41. The van der Waals surface area contributed by atoms with Gasteiger partial charge in [0.05, 0.1) is 0 Å². The normalized spacial score (nSPS) is 23.3. The van der Waals surface area contributed by atoms with E-state index in [-0.39, 0.29) is 11.2 Å². The van der Waals surface area contributed by atoms with Crippen LogP contribution in [0.25, 0.3) is 0 Å². The molecule has 1 heterocycles. The lowest BCUT2D eigenvalue weighted by molar-refractivity contribution is 0.308. The Kier molecular flexibility index (Phi) is 5.19. The molecule has 2 fully saturated rings. The lowest BCUT2D eigenvalue weighted by atomic mass is 9.84. The molecule has 122 valence electrons. The molecule has 22 heavy (non-hydrogen) atoms. The summed E-state index contributed by atoms with van der Waals surface area (Å²) in [6, 6.07) is 9.91. The molecule has 2 aliphatic rings. The largest absolute Gasteiger partial charge is 0.221 e. The lowest BCUT2D eigenvalue weighted by Gasteiger charge is -2.35. The van der Waals surface area contributed by atoms with Crippen LogP contribution in [0.1, 0.15) is 62.2 Å². The zero-order valence-corrected chi connectivity index (χ0v) is 14.1. The molecule has 0 radical (unpaired) electrons. The summed E-state index contributed by atoms with van der Waals surface area (Å²) in [5, 5.41) is -0.341. The molecular formula is C18H27NO2S. The first kappa shape index (κ1) is 16.0. The molecule has 1 aliphatic carbocycles. The molecule has 1 aliphatic heterocycles. The van der Waals surface area contributed by atoms with Gasteiger partial charge in [-0.3, -0.25) is 0 Å². The SMILES string of the molecule is O=S(=O)(C(c1ccccc1)C1CCCCC1)N1CCCCC1. The van der Waals surface area contributed by atoms with E-state index in [9.17, 15) is 8.42 Å². The van der Waals surface area contributed by atoms with E-state index in [1.165, 1.54) is 19.3 Å². The van der Waals surface area contributed by atoms with Crippen molar-refractivity contribution < 1.29 is 8.42 Å². The van der Waals surface area contributed by atoms with Crippen LogP contribution < -0.4 is 0 Å². The molecule has 1 atom stereocenters. The minimum atomic E-state index is -3.24. The Labute approximate surface area is 134 Å². The summed E-state index contributed by atoms with van der Waals surface area (Å²) in [5.74, 6) is 0.281. The molecule has 0 bridgehead atoms. The first-order valence-electron chi connectivity index (χ1n) is 8.73. The molecule has 1 unspecified atom stereocenters. The third-order valence-corrected chi connectivity index (χ3v) is 7.59. The van der Waals surface area contributed by atoms with Crippen LogP contribution in [0, 0.1) is 5.92 Å². The molecule has 3 nitrogen and oxygen atoms in total. The molecule has 0 amide bonds. The van der Waals surface area contributed by atoms with Crippen LogP contribution in [0.3, 0.4) is 0 Å². The molecule has 0 N–H and O–H groups in total. The Morgan fingerprint density at radius 3 is 2.09 bits per heavy atom. The van der Waals surface area contributed by atoms with Gasteiger partial charge >= 0.3 is 0 Å². The highest BCUT2D eigenvalue weighted by molar-refractivity contribution is 7.89.